The molecular formula is C22H33N3O. The van der Waals surface area contributed by atoms with E-state index in [1.165, 1.54) is 44.1 Å². The summed E-state index contributed by atoms with van der Waals surface area (Å²) >= 11 is 0. The van der Waals surface area contributed by atoms with Gasteiger partial charge in [-0.2, -0.15) is 5.10 Å². The van der Waals surface area contributed by atoms with Gasteiger partial charge in [0.1, 0.15) is 0 Å². The molecule has 0 atom stereocenters. The molecule has 1 aromatic carbocycles. The fraction of sp³-hybridized carbons (Fsp3) is 0.545. The van der Waals surface area contributed by atoms with Crippen LogP contribution in [0.4, 0.5) is 5.69 Å². The molecule has 0 saturated carbocycles. The van der Waals surface area contributed by atoms with Crippen molar-refractivity contribution in [3.8, 4) is 0 Å². The molecule has 2 aromatic rings. The van der Waals surface area contributed by atoms with E-state index < -0.39 is 0 Å². The van der Waals surface area contributed by atoms with Gasteiger partial charge in [-0.1, -0.05) is 57.2 Å². The molecule has 0 unspecified atom stereocenters. The van der Waals surface area contributed by atoms with Crippen molar-refractivity contribution in [1.29, 1.82) is 0 Å². The van der Waals surface area contributed by atoms with Crippen LogP contribution in [0.3, 0.4) is 0 Å². The zero-order valence-electron chi connectivity index (χ0n) is 16.8. The predicted molar refractivity (Wildman–Crippen MR) is 109 cm³/mol. The molecule has 26 heavy (non-hydrogen) atoms. The molecule has 0 aliphatic rings. The average Bonchev–Trinajstić information content (AvgIpc) is 2.91. The Morgan fingerprint density at radius 2 is 1.73 bits per heavy atom. The molecule has 0 radical (unpaired) electrons. The second kappa shape index (κ2) is 10.1. The summed E-state index contributed by atoms with van der Waals surface area (Å²) in [6.45, 7) is 8.56. The first-order valence-electron chi connectivity index (χ1n) is 9.92. The zero-order valence-corrected chi connectivity index (χ0v) is 16.8. The highest BCUT2D eigenvalue weighted by atomic mass is 16.2. The molecule has 0 fully saturated rings. The van der Waals surface area contributed by atoms with Gasteiger partial charge < -0.3 is 5.32 Å². The van der Waals surface area contributed by atoms with Crippen LogP contribution in [0.1, 0.15) is 72.8 Å². The largest absolute Gasteiger partial charge is 0.376 e. The zero-order chi connectivity index (χ0) is 18.9. The van der Waals surface area contributed by atoms with Gasteiger partial charge in [0.05, 0.1) is 12.2 Å². The highest BCUT2D eigenvalue weighted by Gasteiger charge is 2.16. The number of hydrogen-bond donors (Lipinski definition) is 1. The van der Waals surface area contributed by atoms with Crippen LogP contribution in [0.2, 0.25) is 0 Å². The number of aromatic nitrogens is 2. The molecule has 0 aliphatic carbocycles. The summed E-state index contributed by atoms with van der Waals surface area (Å²) in [6.07, 6.45) is 8.69. The van der Waals surface area contributed by atoms with E-state index in [9.17, 15) is 4.79 Å². The molecule has 4 nitrogen and oxygen atoms in total. The van der Waals surface area contributed by atoms with Crippen molar-refractivity contribution in [2.45, 2.75) is 72.6 Å². The maximum Gasteiger partial charge on any atom is 0.266 e. The summed E-state index contributed by atoms with van der Waals surface area (Å²) in [7, 11) is 0. The van der Waals surface area contributed by atoms with Crippen LogP contribution in [-0.4, -0.2) is 22.2 Å². The lowest BCUT2D eigenvalue weighted by molar-refractivity contribution is 0.0910. The van der Waals surface area contributed by atoms with E-state index in [1.807, 2.05) is 45.0 Å². The SMILES string of the molecule is CCCCCCCCc1c(C)nn(C(=O)CNc2ccccc2C)c1C. The molecule has 2 rings (SSSR count). The number of benzene rings is 1. The first-order chi connectivity index (χ1) is 12.5. The first-order valence-corrected chi connectivity index (χ1v) is 9.92. The summed E-state index contributed by atoms with van der Waals surface area (Å²) < 4.78 is 1.58. The molecule has 0 saturated heterocycles. The number of anilines is 1. The maximum absolute atomic E-state index is 12.6. The van der Waals surface area contributed by atoms with Crippen LogP contribution in [0.5, 0.6) is 0 Å². The number of carbonyl (C=O) groups is 1. The third-order valence-corrected chi connectivity index (χ3v) is 5.03. The van der Waals surface area contributed by atoms with E-state index in [0.29, 0.717) is 0 Å². The molecule has 1 heterocycles. The van der Waals surface area contributed by atoms with Gasteiger partial charge >= 0.3 is 0 Å². The van der Waals surface area contributed by atoms with Crippen molar-refractivity contribution in [2.24, 2.45) is 0 Å². The van der Waals surface area contributed by atoms with E-state index in [1.54, 1.807) is 4.68 Å². The summed E-state index contributed by atoms with van der Waals surface area (Å²) in [6, 6.07) is 8.00. The second-order valence-electron chi connectivity index (χ2n) is 7.14. The van der Waals surface area contributed by atoms with Crippen molar-refractivity contribution in [1.82, 2.24) is 9.78 Å². The number of para-hydroxylation sites is 1. The minimum absolute atomic E-state index is 0.0111. The van der Waals surface area contributed by atoms with Crippen molar-refractivity contribution in [3.63, 3.8) is 0 Å². The molecule has 1 N–H and O–H groups in total. The number of nitrogens with one attached hydrogen (secondary N) is 1. The number of unbranched alkanes of at least 4 members (excludes halogenated alkanes) is 5. The molecule has 1 aromatic heterocycles. The average molecular weight is 356 g/mol. The van der Waals surface area contributed by atoms with Crippen molar-refractivity contribution < 1.29 is 4.79 Å². The van der Waals surface area contributed by atoms with Crippen molar-refractivity contribution in [3.05, 3.63) is 46.8 Å². The van der Waals surface area contributed by atoms with Crippen LogP contribution >= 0.6 is 0 Å². The lowest BCUT2D eigenvalue weighted by atomic mass is 10.0. The second-order valence-corrected chi connectivity index (χ2v) is 7.14. The Kier molecular flexibility index (Phi) is 7.89. The van der Waals surface area contributed by atoms with Gasteiger partial charge in [-0.05, 0) is 50.8 Å². The van der Waals surface area contributed by atoms with E-state index in [0.717, 1.165) is 29.1 Å². The Morgan fingerprint density at radius 1 is 1.04 bits per heavy atom. The molecule has 0 amide bonds. The number of nitrogens with zero attached hydrogens (tertiary/aromatic N) is 2. The summed E-state index contributed by atoms with van der Waals surface area (Å²) in [5.41, 5.74) is 5.35. The number of aryl methyl sites for hydroxylation is 2. The van der Waals surface area contributed by atoms with Gasteiger partial charge in [0.15, 0.2) is 0 Å². The van der Waals surface area contributed by atoms with Gasteiger partial charge in [0.25, 0.3) is 5.91 Å². The first kappa shape index (κ1) is 20.2. The third-order valence-electron chi connectivity index (χ3n) is 5.03. The Hall–Kier alpha value is -2.10. The quantitative estimate of drug-likeness (QED) is 0.575. The Balaban J connectivity index is 1.91. The van der Waals surface area contributed by atoms with Gasteiger partial charge in [0, 0.05) is 11.4 Å². The van der Waals surface area contributed by atoms with Crippen LogP contribution in [0.25, 0.3) is 0 Å². The van der Waals surface area contributed by atoms with Crippen LogP contribution in [-0.2, 0) is 6.42 Å². The molecule has 142 valence electrons. The molecular weight excluding hydrogens is 322 g/mol. The molecule has 4 heteroatoms. The minimum atomic E-state index is -0.0111. The monoisotopic (exact) mass is 355 g/mol. The van der Waals surface area contributed by atoms with Crippen molar-refractivity contribution >= 4 is 11.6 Å². The minimum Gasteiger partial charge on any atom is -0.376 e. The maximum atomic E-state index is 12.6. The predicted octanol–water partition coefficient (Wildman–Crippen LogP) is 5.46. The molecule has 0 aliphatic heterocycles. The summed E-state index contributed by atoms with van der Waals surface area (Å²) in [5, 5.41) is 7.73. The Morgan fingerprint density at radius 3 is 2.46 bits per heavy atom. The van der Waals surface area contributed by atoms with E-state index in [-0.39, 0.29) is 12.5 Å². The van der Waals surface area contributed by atoms with E-state index >= 15 is 0 Å². The number of carbonyl (C=O) groups excluding carboxylic acids is 1. The van der Waals surface area contributed by atoms with Crippen LogP contribution in [0, 0.1) is 20.8 Å². The van der Waals surface area contributed by atoms with Gasteiger partial charge in [-0.25, -0.2) is 4.68 Å². The smallest absolute Gasteiger partial charge is 0.266 e. The third kappa shape index (κ3) is 5.45. The molecule has 0 bridgehead atoms. The van der Waals surface area contributed by atoms with Gasteiger partial charge in [-0.3, -0.25) is 4.79 Å². The highest BCUT2D eigenvalue weighted by molar-refractivity contribution is 5.83. The van der Waals surface area contributed by atoms with Crippen LogP contribution < -0.4 is 5.32 Å². The standard InChI is InChI=1S/C22H33N3O/c1-5-6-7-8-9-10-14-20-18(3)24-25(19(20)4)22(26)16-23-21-15-12-11-13-17(21)2/h11-13,15,23H,5-10,14,16H2,1-4H3. The normalized spacial score (nSPS) is 10.9. The van der Waals surface area contributed by atoms with Gasteiger partial charge in [0.2, 0.25) is 0 Å². The topological polar surface area (TPSA) is 46.9 Å². The number of rotatable bonds is 10. The van der Waals surface area contributed by atoms with Gasteiger partial charge in [-0.15, -0.1) is 0 Å². The number of hydrogen-bond acceptors (Lipinski definition) is 3. The lowest BCUT2D eigenvalue weighted by Crippen LogP contribution is -2.23. The molecule has 0 spiro atoms. The van der Waals surface area contributed by atoms with E-state index in [4.69, 9.17) is 0 Å². The van der Waals surface area contributed by atoms with E-state index in [2.05, 4.69) is 17.3 Å². The fourth-order valence-corrected chi connectivity index (χ4v) is 3.38. The Labute approximate surface area is 158 Å². The summed E-state index contributed by atoms with van der Waals surface area (Å²) in [5.74, 6) is -0.0111. The Bertz CT molecular complexity index is 718. The summed E-state index contributed by atoms with van der Waals surface area (Å²) in [4.78, 5) is 12.6. The fourth-order valence-electron chi connectivity index (χ4n) is 3.38. The van der Waals surface area contributed by atoms with Crippen LogP contribution in [0.15, 0.2) is 24.3 Å². The lowest BCUT2D eigenvalue weighted by Gasteiger charge is -2.09. The van der Waals surface area contributed by atoms with Crippen molar-refractivity contribution in [2.75, 3.05) is 11.9 Å². The highest BCUT2D eigenvalue weighted by Crippen LogP contribution is 2.18.